The Morgan fingerprint density at radius 1 is 1.20 bits per heavy atom. The lowest BCUT2D eigenvalue weighted by atomic mass is 10.1. The molecule has 0 bridgehead atoms. The fourth-order valence-corrected chi connectivity index (χ4v) is 2.43. The summed E-state index contributed by atoms with van der Waals surface area (Å²) in [5.41, 5.74) is 1.89. The molecule has 1 atom stereocenters. The van der Waals surface area contributed by atoms with Gasteiger partial charge < -0.3 is 10.1 Å². The minimum absolute atomic E-state index is 0.176. The molecule has 0 radical (unpaired) electrons. The van der Waals surface area contributed by atoms with Crippen molar-refractivity contribution in [3.63, 3.8) is 0 Å². The molecule has 0 heterocycles. The Labute approximate surface area is 150 Å². The van der Waals surface area contributed by atoms with Crippen LogP contribution in [-0.4, -0.2) is 18.5 Å². The number of aryl methyl sites for hydroxylation is 1. The van der Waals surface area contributed by atoms with Crippen LogP contribution >= 0.6 is 11.6 Å². The summed E-state index contributed by atoms with van der Waals surface area (Å²) >= 11 is 5.63. The lowest BCUT2D eigenvalue weighted by molar-refractivity contribution is -0.124. The number of amides is 1. The van der Waals surface area contributed by atoms with Crippen LogP contribution in [0.4, 0.5) is 4.39 Å². The molecule has 0 saturated carbocycles. The normalized spacial score (nSPS) is 11.7. The maximum Gasteiger partial charge on any atom is 0.341 e. The number of carbonyl (C=O) groups is 2. The molecule has 0 aliphatic heterocycles. The molecule has 25 heavy (non-hydrogen) atoms. The van der Waals surface area contributed by atoms with E-state index < -0.39 is 24.3 Å². The van der Waals surface area contributed by atoms with Gasteiger partial charge in [0.25, 0.3) is 5.91 Å². The van der Waals surface area contributed by atoms with Crippen molar-refractivity contribution >= 4 is 23.5 Å². The van der Waals surface area contributed by atoms with Crippen LogP contribution in [0.1, 0.15) is 41.4 Å². The quantitative estimate of drug-likeness (QED) is 0.787. The monoisotopic (exact) mass is 363 g/mol. The molecule has 2 aromatic rings. The Balaban J connectivity index is 1.87. The molecule has 0 aliphatic rings. The van der Waals surface area contributed by atoms with Crippen molar-refractivity contribution in [2.45, 2.75) is 26.3 Å². The highest BCUT2D eigenvalue weighted by atomic mass is 35.5. The van der Waals surface area contributed by atoms with Crippen molar-refractivity contribution in [1.29, 1.82) is 0 Å². The van der Waals surface area contributed by atoms with Crippen LogP contribution in [0.3, 0.4) is 0 Å². The zero-order valence-corrected chi connectivity index (χ0v) is 14.8. The number of nitrogens with one attached hydrogen (secondary N) is 1. The maximum atomic E-state index is 13.6. The Morgan fingerprint density at radius 3 is 2.48 bits per heavy atom. The SMILES string of the molecule is CCc1ccc([C@@H](C)NC(=O)COC(=O)c2ccc(Cl)cc2F)cc1. The zero-order chi connectivity index (χ0) is 18.4. The molecule has 1 N–H and O–H groups in total. The number of halogens is 2. The molecule has 0 spiro atoms. The van der Waals surface area contributed by atoms with E-state index in [4.69, 9.17) is 16.3 Å². The van der Waals surface area contributed by atoms with Gasteiger partial charge in [-0.25, -0.2) is 9.18 Å². The first-order chi connectivity index (χ1) is 11.9. The van der Waals surface area contributed by atoms with Crippen molar-refractivity contribution in [2.24, 2.45) is 0 Å². The lowest BCUT2D eigenvalue weighted by Gasteiger charge is -2.15. The third-order valence-corrected chi connectivity index (χ3v) is 3.99. The predicted octanol–water partition coefficient (Wildman–Crippen LogP) is 4.08. The minimum Gasteiger partial charge on any atom is -0.452 e. The number of ether oxygens (including phenoxy) is 1. The van der Waals surface area contributed by atoms with Crippen molar-refractivity contribution in [3.05, 3.63) is 70.0 Å². The highest BCUT2D eigenvalue weighted by molar-refractivity contribution is 6.30. The third kappa shape index (κ3) is 5.29. The van der Waals surface area contributed by atoms with Gasteiger partial charge in [-0.2, -0.15) is 0 Å². The molecule has 132 valence electrons. The van der Waals surface area contributed by atoms with Crippen molar-refractivity contribution < 1.29 is 18.7 Å². The maximum absolute atomic E-state index is 13.6. The van der Waals surface area contributed by atoms with Crippen LogP contribution in [0.2, 0.25) is 5.02 Å². The van der Waals surface area contributed by atoms with Crippen LogP contribution in [0.15, 0.2) is 42.5 Å². The standard InChI is InChI=1S/C19H19ClFNO3/c1-3-13-4-6-14(7-5-13)12(2)22-18(23)11-25-19(24)16-9-8-15(20)10-17(16)21/h4-10,12H,3,11H2,1-2H3,(H,22,23)/t12-/m1/s1. The predicted molar refractivity (Wildman–Crippen MR) is 94.1 cm³/mol. The van der Waals surface area contributed by atoms with Crippen molar-refractivity contribution in [1.82, 2.24) is 5.32 Å². The van der Waals surface area contributed by atoms with E-state index in [-0.39, 0.29) is 16.6 Å². The van der Waals surface area contributed by atoms with Crippen LogP contribution in [0.25, 0.3) is 0 Å². The molecule has 0 aliphatic carbocycles. The van der Waals surface area contributed by atoms with Gasteiger partial charge in [-0.1, -0.05) is 42.8 Å². The molecule has 2 aromatic carbocycles. The summed E-state index contributed by atoms with van der Waals surface area (Å²) in [6.07, 6.45) is 0.943. The Morgan fingerprint density at radius 2 is 1.88 bits per heavy atom. The summed E-state index contributed by atoms with van der Waals surface area (Å²) in [5, 5.41) is 2.91. The van der Waals surface area contributed by atoms with Gasteiger partial charge in [-0.15, -0.1) is 0 Å². The second kappa shape index (κ2) is 8.62. The zero-order valence-electron chi connectivity index (χ0n) is 14.0. The number of carbonyl (C=O) groups excluding carboxylic acids is 2. The topological polar surface area (TPSA) is 55.4 Å². The largest absolute Gasteiger partial charge is 0.452 e. The highest BCUT2D eigenvalue weighted by Gasteiger charge is 2.16. The van der Waals surface area contributed by atoms with E-state index in [2.05, 4.69) is 12.2 Å². The summed E-state index contributed by atoms with van der Waals surface area (Å²) in [6, 6.07) is 11.3. The number of hydrogen-bond donors (Lipinski definition) is 1. The molecule has 1 amide bonds. The summed E-state index contributed by atoms with van der Waals surface area (Å²) in [4.78, 5) is 23.7. The molecule has 4 nitrogen and oxygen atoms in total. The first-order valence-corrected chi connectivity index (χ1v) is 8.29. The van der Waals surface area contributed by atoms with Crippen molar-refractivity contribution in [2.75, 3.05) is 6.61 Å². The van der Waals surface area contributed by atoms with Gasteiger partial charge in [0, 0.05) is 5.02 Å². The average Bonchev–Trinajstić information content (AvgIpc) is 2.59. The van der Waals surface area contributed by atoms with Gasteiger partial charge in [0.2, 0.25) is 0 Å². The van der Waals surface area contributed by atoms with Gasteiger partial charge in [0.1, 0.15) is 5.82 Å². The smallest absolute Gasteiger partial charge is 0.341 e. The summed E-state index contributed by atoms with van der Waals surface area (Å²) < 4.78 is 18.5. The van der Waals surface area contributed by atoms with E-state index in [9.17, 15) is 14.0 Å². The molecule has 2 rings (SSSR count). The fourth-order valence-electron chi connectivity index (χ4n) is 2.27. The number of rotatable bonds is 6. The van der Waals surface area contributed by atoms with E-state index in [1.54, 1.807) is 0 Å². The second-order valence-corrected chi connectivity index (χ2v) is 6.02. The third-order valence-electron chi connectivity index (χ3n) is 3.75. The minimum atomic E-state index is -0.913. The second-order valence-electron chi connectivity index (χ2n) is 5.58. The molecule has 0 saturated heterocycles. The first kappa shape index (κ1) is 18.9. The highest BCUT2D eigenvalue weighted by Crippen LogP contribution is 2.16. The first-order valence-electron chi connectivity index (χ1n) is 7.91. The lowest BCUT2D eigenvalue weighted by Crippen LogP contribution is -2.31. The molecule has 6 heteroatoms. The Kier molecular flexibility index (Phi) is 6.53. The summed E-state index contributed by atoms with van der Waals surface area (Å²) in [6.45, 7) is 3.41. The van der Waals surface area contributed by atoms with Gasteiger partial charge in [-0.05, 0) is 42.7 Å². The van der Waals surface area contributed by atoms with Gasteiger partial charge in [0.05, 0.1) is 11.6 Å². The molecule has 0 unspecified atom stereocenters. The van der Waals surface area contributed by atoms with Crippen LogP contribution in [0.5, 0.6) is 0 Å². The van der Waals surface area contributed by atoms with E-state index in [1.807, 2.05) is 31.2 Å². The summed E-state index contributed by atoms with van der Waals surface area (Å²) in [5.74, 6) is -2.17. The molecular weight excluding hydrogens is 345 g/mol. The van der Waals surface area contributed by atoms with Crippen LogP contribution in [-0.2, 0) is 16.0 Å². The summed E-state index contributed by atoms with van der Waals surface area (Å²) in [7, 11) is 0. The number of esters is 1. The molecular formula is C19H19ClFNO3. The number of hydrogen-bond acceptors (Lipinski definition) is 3. The molecule has 0 fully saturated rings. The molecule has 0 aromatic heterocycles. The Hall–Kier alpha value is -2.40. The van der Waals surface area contributed by atoms with E-state index in [1.165, 1.54) is 17.7 Å². The Bertz CT molecular complexity index is 762. The van der Waals surface area contributed by atoms with Crippen molar-refractivity contribution in [3.8, 4) is 0 Å². The van der Waals surface area contributed by atoms with Crippen LogP contribution in [0, 0.1) is 5.82 Å². The number of benzene rings is 2. The van der Waals surface area contributed by atoms with E-state index >= 15 is 0 Å². The van der Waals surface area contributed by atoms with E-state index in [0.717, 1.165) is 18.1 Å². The van der Waals surface area contributed by atoms with Gasteiger partial charge >= 0.3 is 5.97 Å². The van der Waals surface area contributed by atoms with Crippen LogP contribution < -0.4 is 5.32 Å². The van der Waals surface area contributed by atoms with Gasteiger partial charge in [0.15, 0.2) is 6.61 Å². The fraction of sp³-hybridized carbons (Fsp3) is 0.263. The van der Waals surface area contributed by atoms with Gasteiger partial charge in [-0.3, -0.25) is 4.79 Å². The average molecular weight is 364 g/mol. The van der Waals surface area contributed by atoms with E-state index in [0.29, 0.717) is 0 Å².